The molecule has 186 valence electrons. The van der Waals surface area contributed by atoms with E-state index in [0.717, 1.165) is 17.2 Å². The molecule has 3 heteroatoms. The highest BCUT2D eigenvalue weighted by atomic mass is 32.1. The van der Waals surface area contributed by atoms with Gasteiger partial charge in [-0.1, -0.05) is 14.9 Å². The first-order valence-corrected chi connectivity index (χ1v) is 11.9. The van der Waals surface area contributed by atoms with Crippen molar-refractivity contribution in [2.24, 2.45) is 0 Å². The fourth-order valence-electron chi connectivity index (χ4n) is 3.54. The second-order valence-corrected chi connectivity index (χ2v) is 10.2. The highest BCUT2D eigenvalue weighted by Crippen LogP contribution is 2.25. The van der Waals surface area contributed by atoms with Gasteiger partial charge in [-0.15, -0.1) is 11.3 Å². The van der Waals surface area contributed by atoms with Gasteiger partial charge in [-0.2, -0.15) is 0 Å². The SMILES string of the molecule is C.C.Cc1c(C)c(C)c(C)c(C)c1C.Cc1nc(C)c(C)c(C)n1.Cc1sc(C)c(C)c1C. The van der Waals surface area contributed by atoms with Gasteiger partial charge in [-0.3, -0.25) is 0 Å². The molecule has 0 bridgehead atoms. The number of hydrogen-bond donors (Lipinski definition) is 0. The van der Waals surface area contributed by atoms with E-state index in [2.05, 4.69) is 79.2 Å². The van der Waals surface area contributed by atoms with E-state index in [1.807, 2.05) is 39.0 Å². The molecule has 0 fully saturated rings. The van der Waals surface area contributed by atoms with Crippen molar-refractivity contribution in [1.82, 2.24) is 9.97 Å². The average molecular weight is 471 g/mol. The minimum Gasteiger partial charge on any atom is -0.238 e. The summed E-state index contributed by atoms with van der Waals surface area (Å²) >= 11 is 1.90. The Kier molecular flexibility index (Phi) is 13.7. The van der Waals surface area contributed by atoms with Crippen molar-refractivity contribution < 1.29 is 0 Å². The first-order chi connectivity index (χ1) is 14.2. The van der Waals surface area contributed by atoms with Crippen molar-refractivity contribution >= 4 is 11.3 Å². The third kappa shape index (κ3) is 8.07. The predicted molar refractivity (Wildman–Crippen MR) is 153 cm³/mol. The van der Waals surface area contributed by atoms with Crippen LogP contribution in [-0.4, -0.2) is 9.97 Å². The van der Waals surface area contributed by atoms with Gasteiger partial charge >= 0.3 is 0 Å². The molecule has 0 atom stereocenters. The van der Waals surface area contributed by atoms with Crippen molar-refractivity contribution in [2.45, 2.75) is 112 Å². The van der Waals surface area contributed by atoms with Crippen LogP contribution in [0.3, 0.4) is 0 Å². The molecule has 3 aromatic rings. The van der Waals surface area contributed by atoms with Crippen LogP contribution in [0.1, 0.15) is 91.9 Å². The van der Waals surface area contributed by atoms with Crippen molar-refractivity contribution in [3.05, 3.63) is 77.0 Å². The zero-order valence-corrected chi connectivity index (χ0v) is 23.1. The number of benzene rings is 1. The lowest BCUT2D eigenvalue weighted by atomic mass is 9.90. The van der Waals surface area contributed by atoms with E-state index >= 15 is 0 Å². The summed E-state index contributed by atoms with van der Waals surface area (Å²) in [4.78, 5) is 11.4. The lowest BCUT2D eigenvalue weighted by Crippen LogP contribution is -1.98. The van der Waals surface area contributed by atoms with Gasteiger partial charge in [0.15, 0.2) is 0 Å². The molecule has 0 aliphatic rings. The van der Waals surface area contributed by atoms with Crippen LogP contribution in [0.2, 0.25) is 0 Å². The number of hydrogen-bond acceptors (Lipinski definition) is 3. The molecule has 33 heavy (non-hydrogen) atoms. The molecule has 2 heterocycles. The molecule has 2 aromatic heterocycles. The second kappa shape index (κ2) is 13.6. The minimum atomic E-state index is 0. The molecule has 0 aliphatic heterocycles. The maximum Gasteiger partial charge on any atom is 0.125 e. The van der Waals surface area contributed by atoms with Crippen molar-refractivity contribution in [3.8, 4) is 0 Å². The van der Waals surface area contributed by atoms with E-state index in [0.29, 0.717) is 0 Å². The summed E-state index contributed by atoms with van der Waals surface area (Å²) in [6, 6.07) is 0. The molecule has 0 aliphatic carbocycles. The maximum atomic E-state index is 4.22. The molecule has 0 unspecified atom stereocenters. The Morgan fingerprint density at radius 3 is 0.788 bits per heavy atom. The minimum absolute atomic E-state index is 0. The van der Waals surface area contributed by atoms with Crippen LogP contribution in [0, 0.1) is 96.9 Å². The van der Waals surface area contributed by atoms with Crippen molar-refractivity contribution in [3.63, 3.8) is 0 Å². The summed E-state index contributed by atoms with van der Waals surface area (Å²) < 4.78 is 0. The fraction of sp³-hybridized carbons (Fsp3) is 0.533. The molecule has 0 amide bonds. The smallest absolute Gasteiger partial charge is 0.125 e. The summed E-state index contributed by atoms with van der Waals surface area (Å²) in [5.74, 6) is 0.862. The van der Waals surface area contributed by atoms with Gasteiger partial charge in [0.2, 0.25) is 0 Å². The molecular weight excluding hydrogens is 420 g/mol. The number of aromatic nitrogens is 2. The Labute approximate surface area is 209 Å². The first-order valence-electron chi connectivity index (χ1n) is 11.1. The Morgan fingerprint density at radius 2 is 0.606 bits per heavy atom. The predicted octanol–water partition coefficient (Wildman–Crippen LogP) is 9.50. The lowest BCUT2D eigenvalue weighted by molar-refractivity contribution is 0.948. The summed E-state index contributed by atoms with van der Waals surface area (Å²) in [6.07, 6.45) is 0. The molecule has 0 spiro atoms. The van der Waals surface area contributed by atoms with E-state index in [-0.39, 0.29) is 14.9 Å². The molecule has 0 radical (unpaired) electrons. The van der Waals surface area contributed by atoms with Gasteiger partial charge in [-0.25, -0.2) is 9.97 Å². The molecule has 0 saturated heterocycles. The lowest BCUT2D eigenvalue weighted by Gasteiger charge is -2.15. The molecular formula is C30H50N2S. The van der Waals surface area contributed by atoms with Gasteiger partial charge in [0, 0.05) is 21.1 Å². The number of nitrogens with zero attached hydrogens (tertiary/aromatic N) is 2. The largest absolute Gasteiger partial charge is 0.238 e. The average Bonchev–Trinajstić information content (AvgIpc) is 2.94. The van der Waals surface area contributed by atoms with Crippen LogP contribution in [0.5, 0.6) is 0 Å². The van der Waals surface area contributed by atoms with Crippen LogP contribution >= 0.6 is 11.3 Å². The van der Waals surface area contributed by atoms with E-state index in [1.54, 1.807) is 0 Å². The fourth-order valence-corrected chi connectivity index (χ4v) is 4.61. The first kappa shape index (κ1) is 33.2. The van der Waals surface area contributed by atoms with Crippen molar-refractivity contribution in [1.29, 1.82) is 0 Å². The molecule has 0 saturated carbocycles. The van der Waals surface area contributed by atoms with Crippen LogP contribution in [0.15, 0.2) is 0 Å². The molecule has 0 N–H and O–H groups in total. The van der Waals surface area contributed by atoms with Gasteiger partial charge in [-0.05, 0) is 147 Å². The van der Waals surface area contributed by atoms with Crippen LogP contribution in [0.25, 0.3) is 0 Å². The Morgan fingerprint density at radius 1 is 0.364 bits per heavy atom. The van der Waals surface area contributed by atoms with E-state index in [1.165, 1.54) is 59.8 Å². The molecule has 2 nitrogen and oxygen atoms in total. The summed E-state index contributed by atoms with van der Waals surface area (Å²) in [6.45, 7) is 30.0. The van der Waals surface area contributed by atoms with E-state index in [4.69, 9.17) is 0 Å². The monoisotopic (exact) mass is 470 g/mol. The van der Waals surface area contributed by atoms with Gasteiger partial charge < -0.3 is 0 Å². The second-order valence-electron chi connectivity index (χ2n) is 8.78. The number of thiophene rings is 1. The maximum absolute atomic E-state index is 4.22. The van der Waals surface area contributed by atoms with Gasteiger partial charge in [0.1, 0.15) is 5.82 Å². The highest BCUT2D eigenvalue weighted by molar-refractivity contribution is 7.12. The molecule has 3 rings (SSSR count). The third-order valence-corrected chi connectivity index (χ3v) is 8.27. The number of rotatable bonds is 0. The van der Waals surface area contributed by atoms with Crippen LogP contribution in [0.4, 0.5) is 0 Å². The van der Waals surface area contributed by atoms with Gasteiger partial charge in [0.05, 0.1) is 0 Å². The summed E-state index contributed by atoms with van der Waals surface area (Å²) in [5, 5.41) is 0. The highest BCUT2D eigenvalue weighted by Gasteiger charge is 2.07. The van der Waals surface area contributed by atoms with Crippen molar-refractivity contribution in [2.75, 3.05) is 0 Å². The summed E-state index contributed by atoms with van der Waals surface area (Å²) in [7, 11) is 0. The Bertz CT molecular complexity index is 921. The van der Waals surface area contributed by atoms with E-state index < -0.39 is 0 Å². The number of aryl methyl sites for hydroxylation is 5. The third-order valence-electron chi connectivity index (χ3n) is 7.04. The van der Waals surface area contributed by atoms with Crippen LogP contribution in [-0.2, 0) is 0 Å². The molecule has 1 aromatic carbocycles. The Hall–Kier alpha value is -2.00. The standard InChI is InChI=1S/C12H18.C8H12N2.C8H12S.2CH4/c1-7-8(2)10(4)12(6)11(5)9(7)3;1-5-6(2)9-8(4)10-7(5)3;1-5-6(2)8(4)9-7(5)3;;/h1-6H3;1-4H3;1-4H3;2*1H4. The normalized spacial score (nSPS) is 9.64. The van der Waals surface area contributed by atoms with Crippen LogP contribution < -0.4 is 0 Å². The van der Waals surface area contributed by atoms with E-state index in [9.17, 15) is 0 Å². The zero-order valence-electron chi connectivity index (χ0n) is 22.3. The Balaban J connectivity index is 0. The zero-order chi connectivity index (χ0) is 24.2. The topological polar surface area (TPSA) is 25.8 Å². The van der Waals surface area contributed by atoms with Gasteiger partial charge in [0.25, 0.3) is 0 Å². The summed E-state index contributed by atoms with van der Waals surface area (Å²) in [5.41, 5.74) is 15.0. The quantitative estimate of drug-likeness (QED) is 0.327.